The van der Waals surface area contributed by atoms with Crippen LogP contribution in [0.1, 0.15) is 24.5 Å². The van der Waals surface area contributed by atoms with Crippen LogP contribution in [0.5, 0.6) is 0 Å². The molecule has 0 saturated heterocycles. The Hall–Kier alpha value is -2.77. The summed E-state index contributed by atoms with van der Waals surface area (Å²) in [7, 11) is -3.71. The molecule has 0 spiro atoms. The first-order valence-electron chi connectivity index (χ1n) is 9.62. The van der Waals surface area contributed by atoms with Crippen molar-refractivity contribution in [2.45, 2.75) is 31.3 Å². The Morgan fingerprint density at radius 3 is 2.62 bits per heavy atom. The Balaban J connectivity index is 1.54. The summed E-state index contributed by atoms with van der Waals surface area (Å²) in [6.07, 6.45) is 1.87. The molecule has 6 nitrogen and oxygen atoms in total. The highest BCUT2D eigenvalue weighted by Crippen LogP contribution is 2.26. The van der Waals surface area contributed by atoms with Gasteiger partial charge in [-0.3, -0.25) is 4.98 Å². The van der Waals surface area contributed by atoms with Crippen LogP contribution >= 0.6 is 0 Å². The molecule has 0 N–H and O–H groups in total. The summed E-state index contributed by atoms with van der Waals surface area (Å²) < 4.78 is 28.1. The lowest BCUT2D eigenvalue weighted by molar-refractivity contribution is 0.0712. The SMILES string of the molecule is CCN(C[C@@H]1CC(c2ccc(C)cc2)=NO1)S(=O)(=O)c1cccc2cccnc12. The summed E-state index contributed by atoms with van der Waals surface area (Å²) in [4.78, 5) is 10.1. The lowest BCUT2D eigenvalue weighted by atomic mass is 10.0. The smallest absolute Gasteiger partial charge is 0.245 e. The zero-order valence-electron chi connectivity index (χ0n) is 16.4. The van der Waals surface area contributed by atoms with Gasteiger partial charge < -0.3 is 4.84 Å². The molecule has 0 fully saturated rings. The van der Waals surface area contributed by atoms with Gasteiger partial charge in [0, 0.05) is 24.5 Å². The first kappa shape index (κ1) is 19.5. The maximum absolute atomic E-state index is 13.3. The largest absolute Gasteiger partial charge is 0.390 e. The first-order chi connectivity index (χ1) is 14.0. The van der Waals surface area contributed by atoms with Gasteiger partial charge in [-0.05, 0) is 24.6 Å². The molecule has 1 atom stereocenters. The van der Waals surface area contributed by atoms with E-state index >= 15 is 0 Å². The Kier molecular flexibility index (Phi) is 5.34. The second kappa shape index (κ2) is 7.93. The van der Waals surface area contributed by atoms with E-state index in [2.05, 4.69) is 10.1 Å². The first-order valence-corrected chi connectivity index (χ1v) is 11.1. The molecule has 4 rings (SSSR count). The van der Waals surface area contributed by atoms with E-state index < -0.39 is 10.0 Å². The zero-order valence-corrected chi connectivity index (χ0v) is 17.3. The number of nitrogens with zero attached hydrogens (tertiary/aromatic N) is 3. The molecule has 0 aliphatic carbocycles. The molecule has 7 heteroatoms. The predicted molar refractivity (Wildman–Crippen MR) is 113 cm³/mol. The fourth-order valence-electron chi connectivity index (χ4n) is 3.49. The van der Waals surface area contributed by atoms with Crippen LogP contribution < -0.4 is 0 Å². The summed E-state index contributed by atoms with van der Waals surface area (Å²) in [6, 6.07) is 17.0. The van der Waals surface area contributed by atoms with E-state index in [1.54, 1.807) is 24.4 Å². The number of hydrogen-bond acceptors (Lipinski definition) is 5. The average molecular weight is 410 g/mol. The number of para-hydroxylation sites is 1. The number of pyridine rings is 1. The van der Waals surface area contributed by atoms with Crippen LogP contribution in [0.25, 0.3) is 10.9 Å². The second-order valence-corrected chi connectivity index (χ2v) is 9.03. The molecule has 3 aromatic rings. The van der Waals surface area contributed by atoms with Gasteiger partial charge in [-0.15, -0.1) is 0 Å². The Morgan fingerprint density at radius 2 is 1.86 bits per heavy atom. The summed E-state index contributed by atoms with van der Waals surface area (Å²) in [5, 5.41) is 4.99. The highest BCUT2D eigenvalue weighted by Gasteiger charge is 2.31. The maximum Gasteiger partial charge on any atom is 0.245 e. The van der Waals surface area contributed by atoms with Gasteiger partial charge >= 0.3 is 0 Å². The summed E-state index contributed by atoms with van der Waals surface area (Å²) in [6.45, 7) is 4.44. The van der Waals surface area contributed by atoms with E-state index in [9.17, 15) is 8.42 Å². The van der Waals surface area contributed by atoms with Crippen molar-refractivity contribution in [1.82, 2.24) is 9.29 Å². The number of fused-ring (bicyclic) bond motifs is 1. The van der Waals surface area contributed by atoms with Crippen LogP contribution in [0, 0.1) is 6.92 Å². The van der Waals surface area contributed by atoms with Crippen LogP contribution in [0.2, 0.25) is 0 Å². The van der Waals surface area contributed by atoms with Gasteiger partial charge in [0.1, 0.15) is 11.0 Å². The molecule has 2 aromatic carbocycles. The molecule has 0 radical (unpaired) electrons. The van der Waals surface area contributed by atoms with Gasteiger partial charge in [-0.2, -0.15) is 4.31 Å². The highest BCUT2D eigenvalue weighted by atomic mass is 32.2. The van der Waals surface area contributed by atoms with Crippen molar-refractivity contribution in [3.63, 3.8) is 0 Å². The molecule has 29 heavy (non-hydrogen) atoms. The van der Waals surface area contributed by atoms with Gasteiger partial charge in [-0.1, -0.05) is 60.1 Å². The number of benzene rings is 2. The Bertz CT molecular complexity index is 1150. The minimum Gasteiger partial charge on any atom is -0.390 e. The molecule has 150 valence electrons. The van der Waals surface area contributed by atoms with Crippen molar-refractivity contribution in [3.8, 4) is 0 Å². The molecule has 2 heterocycles. The van der Waals surface area contributed by atoms with E-state index in [0.29, 0.717) is 18.5 Å². The number of sulfonamides is 1. The molecule has 0 unspecified atom stereocenters. The van der Waals surface area contributed by atoms with Crippen molar-refractivity contribution in [3.05, 3.63) is 71.9 Å². The molecular weight excluding hydrogens is 386 g/mol. The van der Waals surface area contributed by atoms with Gasteiger partial charge in [0.15, 0.2) is 0 Å². The third-order valence-corrected chi connectivity index (χ3v) is 7.06. The van der Waals surface area contributed by atoms with Crippen LogP contribution in [-0.4, -0.2) is 42.6 Å². The molecule has 0 bridgehead atoms. The number of oxime groups is 1. The van der Waals surface area contributed by atoms with Crippen molar-refractivity contribution >= 4 is 26.6 Å². The van der Waals surface area contributed by atoms with E-state index in [4.69, 9.17) is 4.84 Å². The molecule has 1 aliphatic heterocycles. The highest BCUT2D eigenvalue weighted by molar-refractivity contribution is 7.89. The van der Waals surface area contributed by atoms with Crippen LogP contribution in [-0.2, 0) is 14.9 Å². The number of hydrogen-bond donors (Lipinski definition) is 0. The quantitative estimate of drug-likeness (QED) is 0.622. The molecule has 1 aromatic heterocycles. The Morgan fingerprint density at radius 1 is 1.10 bits per heavy atom. The summed E-state index contributed by atoms with van der Waals surface area (Å²) in [5.41, 5.74) is 3.51. The van der Waals surface area contributed by atoms with Gasteiger partial charge in [0.25, 0.3) is 0 Å². The average Bonchev–Trinajstić information content (AvgIpc) is 3.20. The topological polar surface area (TPSA) is 71.9 Å². The van der Waals surface area contributed by atoms with Gasteiger partial charge in [-0.25, -0.2) is 8.42 Å². The number of aryl methyl sites for hydroxylation is 1. The molecule has 0 amide bonds. The van der Waals surface area contributed by atoms with E-state index in [1.807, 2.05) is 50.2 Å². The molecule has 1 aliphatic rings. The van der Waals surface area contributed by atoms with Crippen LogP contribution in [0.4, 0.5) is 0 Å². The monoisotopic (exact) mass is 409 g/mol. The van der Waals surface area contributed by atoms with Crippen LogP contribution in [0.15, 0.2) is 70.8 Å². The van der Waals surface area contributed by atoms with Gasteiger partial charge in [0.2, 0.25) is 10.0 Å². The normalized spacial score (nSPS) is 16.8. The lowest BCUT2D eigenvalue weighted by Crippen LogP contribution is -2.37. The number of rotatable bonds is 6. The third kappa shape index (κ3) is 3.88. The maximum atomic E-state index is 13.3. The summed E-state index contributed by atoms with van der Waals surface area (Å²) >= 11 is 0. The van der Waals surface area contributed by atoms with Crippen molar-refractivity contribution in [2.75, 3.05) is 13.1 Å². The van der Waals surface area contributed by atoms with Crippen molar-refractivity contribution in [2.24, 2.45) is 5.16 Å². The molecular formula is C22H23N3O3S. The van der Waals surface area contributed by atoms with Crippen molar-refractivity contribution in [1.29, 1.82) is 0 Å². The van der Waals surface area contributed by atoms with Crippen molar-refractivity contribution < 1.29 is 13.3 Å². The minimum atomic E-state index is -3.71. The standard InChI is InChI=1S/C22H23N3O3S/c1-3-25(15-19-14-20(24-28-19)17-11-9-16(2)10-12-17)29(26,27)21-8-4-6-18-7-5-13-23-22(18)21/h4-13,19H,3,14-15H2,1-2H3/t19-/m0/s1. The van der Waals surface area contributed by atoms with Crippen LogP contribution in [0.3, 0.4) is 0 Å². The predicted octanol–water partition coefficient (Wildman–Crippen LogP) is 3.75. The van der Waals surface area contributed by atoms with E-state index in [0.717, 1.165) is 16.7 Å². The number of aromatic nitrogens is 1. The summed E-state index contributed by atoms with van der Waals surface area (Å²) in [5.74, 6) is 0. The van der Waals surface area contributed by atoms with E-state index in [-0.39, 0.29) is 17.5 Å². The fraction of sp³-hybridized carbons (Fsp3) is 0.273. The second-order valence-electron chi connectivity index (χ2n) is 7.12. The minimum absolute atomic E-state index is 0.218. The van der Waals surface area contributed by atoms with Gasteiger partial charge in [0.05, 0.1) is 17.8 Å². The zero-order chi connectivity index (χ0) is 20.4. The third-order valence-electron chi connectivity index (χ3n) is 5.09. The molecule has 0 saturated carbocycles. The fourth-order valence-corrected chi connectivity index (χ4v) is 5.14. The van der Waals surface area contributed by atoms with E-state index in [1.165, 1.54) is 9.87 Å². The Labute approximate surface area is 170 Å². The lowest BCUT2D eigenvalue weighted by Gasteiger charge is -2.23. The number of likely N-dealkylation sites (N-methyl/N-ethyl adjacent to an activating group) is 1.